The molecule has 2 aromatic carbocycles. The molecule has 0 saturated carbocycles. The molecule has 0 bridgehead atoms. The highest BCUT2D eigenvalue weighted by Crippen LogP contribution is 2.44. The fraction of sp³-hybridized carbons (Fsp3) is 0.318. The molecule has 1 aliphatic rings. The van der Waals surface area contributed by atoms with Gasteiger partial charge in [0.05, 0.1) is 17.3 Å². The number of benzene rings is 2. The zero-order valence-corrected chi connectivity index (χ0v) is 17.2. The number of hydrogen-bond acceptors (Lipinski definition) is 4. The highest BCUT2D eigenvalue weighted by atomic mass is 32.2. The van der Waals surface area contributed by atoms with Gasteiger partial charge in [-0.25, -0.2) is 0 Å². The zero-order valence-electron chi connectivity index (χ0n) is 15.6. The van der Waals surface area contributed by atoms with Gasteiger partial charge in [-0.15, -0.1) is 23.5 Å². The zero-order chi connectivity index (χ0) is 18.8. The van der Waals surface area contributed by atoms with Gasteiger partial charge in [0.25, 0.3) is 0 Å². The van der Waals surface area contributed by atoms with Crippen LogP contribution in [0, 0.1) is 13.8 Å². The maximum atomic E-state index is 12.6. The Bertz CT molecular complexity index is 974. The monoisotopic (exact) mass is 397 g/mol. The molecule has 1 fully saturated rings. The average molecular weight is 398 g/mol. The fourth-order valence-corrected chi connectivity index (χ4v) is 6.22. The van der Waals surface area contributed by atoms with E-state index in [2.05, 4.69) is 37.4 Å². The minimum atomic E-state index is -0.0166. The minimum absolute atomic E-state index is 0.0166. The van der Waals surface area contributed by atoms with E-state index >= 15 is 0 Å². The van der Waals surface area contributed by atoms with Crippen LogP contribution < -0.4 is 5.32 Å². The normalized spacial score (nSPS) is 15.2. The van der Waals surface area contributed by atoms with Crippen LogP contribution in [0.1, 0.15) is 33.3 Å². The summed E-state index contributed by atoms with van der Waals surface area (Å²) in [7, 11) is 0. The molecule has 140 valence electrons. The molecule has 5 heteroatoms. The summed E-state index contributed by atoms with van der Waals surface area (Å²) in [6, 6.07) is 12.4. The number of hydrogen-bond donors (Lipinski definition) is 1. The smallest absolute Gasteiger partial charge is 0.228 e. The van der Waals surface area contributed by atoms with Crippen molar-refractivity contribution >= 4 is 46.1 Å². The van der Waals surface area contributed by atoms with E-state index in [1.165, 1.54) is 29.1 Å². The maximum absolute atomic E-state index is 12.6. The summed E-state index contributed by atoms with van der Waals surface area (Å²) in [5.74, 6) is 2.40. The number of carbonyl (C=O) groups is 1. The molecule has 1 aromatic heterocycles. The van der Waals surface area contributed by atoms with E-state index in [0.717, 1.165) is 27.8 Å². The van der Waals surface area contributed by atoms with Gasteiger partial charge < -0.3 is 9.73 Å². The van der Waals surface area contributed by atoms with E-state index in [-0.39, 0.29) is 5.91 Å². The first-order valence-corrected chi connectivity index (χ1v) is 11.3. The Hall–Kier alpha value is -1.85. The van der Waals surface area contributed by atoms with Gasteiger partial charge in [0.1, 0.15) is 5.58 Å². The maximum Gasteiger partial charge on any atom is 0.228 e. The van der Waals surface area contributed by atoms with E-state index in [4.69, 9.17) is 4.42 Å². The summed E-state index contributed by atoms with van der Waals surface area (Å²) < 4.78 is 6.20. The Morgan fingerprint density at radius 1 is 1.19 bits per heavy atom. The molecular formula is C22H23NO2S2. The van der Waals surface area contributed by atoms with E-state index in [9.17, 15) is 4.79 Å². The first kappa shape index (κ1) is 18.5. The summed E-state index contributed by atoms with van der Waals surface area (Å²) in [4.78, 5) is 12.6. The SMILES string of the molecule is Cc1ccc2c(CC(=O)Nc3cccc(C4SCCCS4)c3)coc2c1C. The molecule has 1 N–H and O–H groups in total. The van der Waals surface area contributed by atoms with Crippen molar-refractivity contribution in [3.8, 4) is 0 Å². The van der Waals surface area contributed by atoms with Crippen LogP contribution in [0.15, 0.2) is 47.1 Å². The lowest BCUT2D eigenvalue weighted by Gasteiger charge is -2.21. The molecule has 0 spiro atoms. The molecule has 3 aromatic rings. The van der Waals surface area contributed by atoms with Crippen LogP contribution in [0.3, 0.4) is 0 Å². The molecule has 0 unspecified atom stereocenters. The third kappa shape index (κ3) is 4.04. The number of anilines is 1. The van der Waals surface area contributed by atoms with E-state index in [0.29, 0.717) is 11.0 Å². The van der Waals surface area contributed by atoms with E-state index < -0.39 is 0 Å². The molecule has 4 rings (SSSR count). The topological polar surface area (TPSA) is 42.2 Å². The summed E-state index contributed by atoms with van der Waals surface area (Å²) in [6.07, 6.45) is 3.30. The van der Waals surface area contributed by atoms with Gasteiger partial charge in [-0.1, -0.05) is 24.3 Å². The molecule has 27 heavy (non-hydrogen) atoms. The first-order chi connectivity index (χ1) is 13.1. The van der Waals surface area contributed by atoms with Crippen molar-refractivity contribution in [3.05, 3.63) is 64.9 Å². The third-order valence-electron chi connectivity index (χ3n) is 4.96. The van der Waals surface area contributed by atoms with Crippen LogP contribution in [0.5, 0.6) is 0 Å². The molecule has 2 heterocycles. The van der Waals surface area contributed by atoms with Crippen molar-refractivity contribution in [1.29, 1.82) is 0 Å². The fourth-order valence-electron chi connectivity index (χ4n) is 3.35. The van der Waals surface area contributed by atoms with Gasteiger partial charge in [-0.05, 0) is 60.6 Å². The minimum Gasteiger partial charge on any atom is -0.464 e. The molecule has 1 aliphatic heterocycles. The van der Waals surface area contributed by atoms with Gasteiger partial charge in [0, 0.05) is 16.6 Å². The van der Waals surface area contributed by atoms with Crippen LogP contribution in [-0.2, 0) is 11.2 Å². The number of rotatable bonds is 4. The van der Waals surface area contributed by atoms with Crippen molar-refractivity contribution in [3.63, 3.8) is 0 Å². The number of nitrogens with one attached hydrogen (secondary N) is 1. The van der Waals surface area contributed by atoms with Crippen molar-refractivity contribution in [2.24, 2.45) is 0 Å². The largest absolute Gasteiger partial charge is 0.464 e. The Kier molecular flexibility index (Phi) is 5.50. The number of furan rings is 1. The Morgan fingerprint density at radius 3 is 2.81 bits per heavy atom. The number of carbonyl (C=O) groups excluding carboxylic acids is 1. The number of amides is 1. The summed E-state index contributed by atoms with van der Waals surface area (Å²) in [5.41, 5.74) is 6.29. The number of aryl methyl sites for hydroxylation is 2. The predicted molar refractivity (Wildman–Crippen MR) is 117 cm³/mol. The Balaban J connectivity index is 1.48. The number of thioether (sulfide) groups is 2. The van der Waals surface area contributed by atoms with Gasteiger partial charge in [0.2, 0.25) is 5.91 Å². The van der Waals surface area contributed by atoms with Gasteiger partial charge >= 0.3 is 0 Å². The first-order valence-electron chi connectivity index (χ1n) is 9.21. The van der Waals surface area contributed by atoms with Gasteiger partial charge in [-0.3, -0.25) is 4.79 Å². The van der Waals surface area contributed by atoms with Crippen LogP contribution in [-0.4, -0.2) is 17.4 Å². The third-order valence-corrected chi connectivity index (χ3v) is 7.98. The molecule has 0 radical (unpaired) electrons. The lowest BCUT2D eigenvalue weighted by Crippen LogP contribution is -2.14. The lowest BCUT2D eigenvalue weighted by atomic mass is 10.0. The molecular weight excluding hydrogens is 374 g/mol. The second-order valence-corrected chi connectivity index (χ2v) is 9.65. The Morgan fingerprint density at radius 2 is 2.00 bits per heavy atom. The lowest BCUT2D eigenvalue weighted by molar-refractivity contribution is -0.115. The van der Waals surface area contributed by atoms with Gasteiger partial charge in [0.15, 0.2) is 0 Å². The number of fused-ring (bicyclic) bond motifs is 1. The standard InChI is InChI=1S/C22H23NO2S2/c1-14-7-8-19-17(13-25-21(19)15(14)2)12-20(24)23-18-6-3-5-16(11-18)22-26-9-4-10-27-22/h3,5-8,11,13,22H,4,9-10,12H2,1-2H3,(H,23,24). The molecule has 0 aliphatic carbocycles. The second kappa shape index (κ2) is 8.03. The summed E-state index contributed by atoms with van der Waals surface area (Å²) >= 11 is 3.98. The molecule has 1 amide bonds. The highest BCUT2D eigenvalue weighted by Gasteiger charge is 2.17. The summed E-state index contributed by atoms with van der Waals surface area (Å²) in [6.45, 7) is 4.12. The van der Waals surface area contributed by atoms with E-state index in [1.807, 2.05) is 41.7 Å². The second-order valence-electron chi connectivity index (χ2n) is 6.92. The van der Waals surface area contributed by atoms with Crippen molar-refractivity contribution in [2.75, 3.05) is 16.8 Å². The van der Waals surface area contributed by atoms with Crippen LogP contribution >= 0.6 is 23.5 Å². The van der Waals surface area contributed by atoms with Gasteiger partial charge in [-0.2, -0.15) is 0 Å². The van der Waals surface area contributed by atoms with E-state index in [1.54, 1.807) is 6.26 Å². The summed E-state index contributed by atoms with van der Waals surface area (Å²) in [5, 5.41) is 4.08. The van der Waals surface area contributed by atoms with Crippen LogP contribution in [0.4, 0.5) is 5.69 Å². The predicted octanol–water partition coefficient (Wildman–Crippen LogP) is 6.10. The van der Waals surface area contributed by atoms with Crippen molar-refractivity contribution in [2.45, 2.75) is 31.3 Å². The van der Waals surface area contributed by atoms with Crippen LogP contribution in [0.2, 0.25) is 0 Å². The molecule has 1 saturated heterocycles. The highest BCUT2D eigenvalue weighted by molar-refractivity contribution is 8.16. The van der Waals surface area contributed by atoms with Crippen molar-refractivity contribution < 1.29 is 9.21 Å². The quantitative estimate of drug-likeness (QED) is 0.578. The molecule has 3 nitrogen and oxygen atoms in total. The molecule has 0 atom stereocenters. The van der Waals surface area contributed by atoms with Crippen LogP contribution in [0.25, 0.3) is 11.0 Å². The average Bonchev–Trinajstić information content (AvgIpc) is 3.09. The Labute approximate surface area is 168 Å². The van der Waals surface area contributed by atoms with Crippen molar-refractivity contribution in [1.82, 2.24) is 0 Å².